The number of nitrogens with one attached hydrogen (secondary N) is 1. The van der Waals surface area contributed by atoms with E-state index in [0.29, 0.717) is 20.8 Å². The van der Waals surface area contributed by atoms with Crippen molar-refractivity contribution < 1.29 is 8.42 Å². The van der Waals surface area contributed by atoms with Gasteiger partial charge in [-0.3, -0.25) is 0 Å². The summed E-state index contributed by atoms with van der Waals surface area (Å²) in [5, 5.41) is 5.52. The van der Waals surface area contributed by atoms with Crippen molar-refractivity contribution in [2.75, 3.05) is 31.1 Å². The second-order valence-corrected chi connectivity index (χ2v) is 10.6. The Bertz CT molecular complexity index is 1340. The highest BCUT2D eigenvalue weighted by Gasteiger charge is 2.27. The van der Waals surface area contributed by atoms with Crippen LogP contribution in [0.25, 0.3) is 21.0 Å². The first-order valence-corrected chi connectivity index (χ1v) is 12.1. The van der Waals surface area contributed by atoms with Crippen molar-refractivity contribution in [3.63, 3.8) is 0 Å². The lowest BCUT2D eigenvalue weighted by atomic mass is 10.2. The summed E-state index contributed by atoms with van der Waals surface area (Å²) >= 11 is 7.65. The molecule has 0 saturated carbocycles. The molecule has 9 heteroatoms. The Hall–Kier alpha value is -1.77. The highest BCUT2D eigenvalue weighted by molar-refractivity contribution is 7.90. The zero-order valence-electron chi connectivity index (χ0n) is 16.3. The van der Waals surface area contributed by atoms with E-state index in [1.807, 2.05) is 31.2 Å². The number of halogens is 2. The lowest BCUT2D eigenvalue weighted by Crippen LogP contribution is -2.43. The lowest BCUT2D eigenvalue weighted by molar-refractivity contribution is 0.589. The molecule has 30 heavy (non-hydrogen) atoms. The molecule has 158 valence electrons. The van der Waals surface area contributed by atoms with E-state index in [2.05, 4.69) is 16.3 Å². The monoisotopic (exact) mass is 481 g/mol. The number of rotatable bonds is 3. The van der Waals surface area contributed by atoms with Gasteiger partial charge in [-0.05, 0) is 43.3 Å². The van der Waals surface area contributed by atoms with Crippen LogP contribution in [0, 0.1) is 6.92 Å². The molecule has 0 radical (unpaired) electrons. The van der Waals surface area contributed by atoms with E-state index in [9.17, 15) is 8.42 Å². The number of hydrogen-bond donors (Lipinski definition) is 1. The van der Waals surface area contributed by atoms with E-state index in [1.54, 1.807) is 18.3 Å². The van der Waals surface area contributed by atoms with Gasteiger partial charge in [-0.2, -0.15) is 0 Å². The summed E-state index contributed by atoms with van der Waals surface area (Å²) in [7, 11) is -3.76. The van der Waals surface area contributed by atoms with Crippen molar-refractivity contribution in [2.24, 2.45) is 0 Å². The van der Waals surface area contributed by atoms with Crippen LogP contribution < -0.4 is 10.2 Å². The van der Waals surface area contributed by atoms with Crippen molar-refractivity contribution in [2.45, 2.75) is 11.8 Å². The molecule has 2 aromatic carbocycles. The summed E-state index contributed by atoms with van der Waals surface area (Å²) in [6, 6.07) is 13.2. The fraction of sp³-hybridized carbons (Fsp3) is 0.238. The Kier molecular flexibility index (Phi) is 5.76. The topological polar surface area (TPSA) is 54.3 Å². The third-order valence-corrected chi connectivity index (χ3v) is 8.75. The van der Waals surface area contributed by atoms with Crippen LogP contribution in [-0.2, 0) is 10.0 Å². The van der Waals surface area contributed by atoms with Crippen LogP contribution in [0.4, 0.5) is 5.69 Å². The van der Waals surface area contributed by atoms with Gasteiger partial charge in [0.1, 0.15) is 4.90 Å². The molecule has 1 saturated heterocycles. The summed E-state index contributed by atoms with van der Waals surface area (Å²) in [4.78, 5) is 3.41. The van der Waals surface area contributed by atoms with Crippen molar-refractivity contribution >= 4 is 72.0 Å². The Morgan fingerprint density at radius 2 is 1.83 bits per heavy atom. The number of fused-ring (bicyclic) bond motifs is 2. The van der Waals surface area contributed by atoms with Crippen molar-refractivity contribution in [3.8, 4) is 0 Å². The van der Waals surface area contributed by atoms with Gasteiger partial charge in [0.05, 0.1) is 5.52 Å². The lowest BCUT2D eigenvalue weighted by Gasteiger charge is -2.30. The average molecular weight is 482 g/mol. The second kappa shape index (κ2) is 8.05. The van der Waals surface area contributed by atoms with Gasteiger partial charge >= 0.3 is 0 Å². The molecule has 1 N–H and O–H groups in total. The van der Waals surface area contributed by atoms with E-state index < -0.39 is 10.0 Å². The molecule has 5 nitrogen and oxygen atoms in total. The molecular weight excluding hydrogens is 461 g/mol. The Morgan fingerprint density at radius 1 is 1.07 bits per heavy atom. The number of aryl methyl sites for hydroxylation is 1. The number of thiophene rings is 1. The third kappa shape index (κ3) is 3.39. The van der Waals surface area contributed by atoms with Crippen LogP contribution in [0.3, 0.4) is 0 Å². The standard InChI is InChI=1S/C21H20ClN3O2S2.ClH/c1-14-21(17-13-15(22)5-6-20(17)28-14)29(26,27)25-10-7-16-18(3-2-4-19(16)25)24-11-8-23-9-12-24;/h2-7,10,13,23H,8-9,11-12H2,1H3;1H. The zero-order valence-corrected chi connectivity index (χ0v) is 19.5. The van der Waals surface area contributed by atoms with Crippen molar-refractivity contribution in [1.29, 1.82) is 0 Å². The first-order chi connectivity index (χ1) is 14.0. The molecule has 2 aromatic heterocycles. The summed E-state index contributed by atoms with van der Waals surface area (Å²) < 4.78 is 29.7. The first kappa shape index (κ1) is 21.5. The molecular formula is C21H21Cl2N3O2S2. The fourth-order valence-electron chi connectivity index (χ4n) is 4.11. The number of hydrogen-bond acceptors (Lipinski definition) is 5. The van der Waals surface area contributed by atoms with E-state index in [0.717, 1.165) is 46.8 Å². The van der Waals surface area contributed by atoms with Crippen LogP contribution in [-0.4, -0.2) is 38.6 Å². The number of piperazine rings is 1. The van der Waals surface area contributed by atoms with Gasteiger partial charge in [0.15, 0.2) is 0 Å². The van der Waals surface area contributed by atoms with E-state index in [-0.39, 0.29) is 12.4 Å². The molecule has 0 unspecified atom stereocenters. The minimum Gasteiger partial charge on any atom is -0.368 e. The summed E-state index contributed by atoms with van der Waals surface area (Å²) in [6.07, 6.45) is 1.67. The molecule has 0 bridgehead atoms. The van der Waals surface area contributed by atoms with Gasteiger partial charge in [0.25, 0.3) is 10.0 Å². The van der Waals surface area contributed by atoms with Crippen LogP contribution in [0.2, 0.25) is 5.02 Å². The molecule has 0 spiro atoms. The highest BCUT2D eigenvalue weighted by Crippen LogP contribution is 2.38. The van der Waals surface area contributed by atoms with Gasteiger partial charge < -0.3 is 10.2 Å². The first-order valence-electron chi connectivity index (χ1n) is 9.47. The predicted molar refractivity (Wildman–Crippen MR) is 128 cm³/mol. The summed E-state index contributed by atoms with van der Waals surface area (Å²) in [6.45, 7) is 5.52. The number of aromatic nitrogens is 1. The Morgan fingerprint density at radius 3 is 2.60 bits per heavy atom. The quantitative estimate of drug-likeness (QED) is 0.452. The van der Waals surface area contributed by atoms with Gasteiger partial charge in [0, 0.05) is 63.4 Å². The van der Waals surface area contributed by atoms with E-state index >= 15 is 0 Å². The Balaban J connectivity index is 0.00000218. The fourth-order valence-corrected chi connectivity index (χ4v) is 7.37. The molecule has 1 fully saturated rings. The maximum absolute atomic E-state index is 13.7. The molecule has 1 aliphatic heterocycles. The summed E-state index contributed by atoms with van der Waals surface area (Å²) in [5.41, 5.74) is 1.77. The van der Waals surface area contributed by atoms with Gasteiger partial charge in [-0.15, -0.1) is 23.7 Å². The van der Waals surface area contributed by atoms with Gasteiger partial charge in [-0.1, -0.05) is 17.7 Å². The molecule has 4 aromatic rings. The van der Waals surface area contributed by atoms with Crippen LogP contribution >= 0.6 is 35.3 Å². The predicted octanol–water partition coefficient (Wildman–Crippen LogP) is 4.89. The minimum atomic E-state index is -3.76. The normalized spacial score (nSPS) is 14.9. The maximum atomic E-state index is 13.7. The van der Waals surface area contributed by atoms with Crippen molar-refractivity contribution in [1.82, 2.24) is 9.29 Å². The maximum Gasteiger partial charge on any atom is 0.269 e. The molecule has 5 rings (SSSR count). The largest absolute Gasteiger partial charge is 0.368 e. The molecule has 0 atom stereocenters. The molecule has 1 aliphatic rings. The molecule has 3 heterocycles. The minimum absolute atomic E-state index is 0. The average Bonchev–Trinajstić information content (AvgIpc) is 3.29. The van der Waals surface area contributed by atoms with Gasteiger partial charge in [-0.25, -0.2) is 12.4 Å². The Labute approximate surface area is 190 Å². The molecule has 0 aliphatic carbocycles. The third-order valence-electron chi connectivity index (χ3n) is 5.42. The summed E-state index contributed by atoms with van der Waals surface area (Å²) in [5.74, 6) is 0. The SMILES string of the molecule is Cc1sc2ccc(Cl)cc2c1S(=O)(=O)n1ccc2c(N3CCNCC3)cccc21.Cl. The van der Waals surface area contributed by atoms with E-state index in [1.165, 1.54) is 15.3 Å². The van der Waals surface area contributed by atoms with E-state index in [4.69, 9.17) is 11.6 Å². The van der Waals surface area contributed by atoms with Gasteiger partial charge in [0.2, 0.25) is 0 Å². The zero-order chi connectivity index (χ0) is 20.2. The van der Waals surface area contributed by atoms with Crippen LogP contribution in [0.5, 0.6) is 0 Å². The molecule has 0 amide bonds. The van der Waals surface area contributed by atoms with Crippen LogP contribution in [0.1, 0.15) is 4.88 Å². The van der Waals surface area contributed by atoms with Crippen LogP contribution in [0.15, 0.2) is 53.6 Å². The van der Waals surface area contributed by atoms with Crippen molar-refractivity contribution in [3.05, 3.63) is 58.6 Å². The second-order valence-electron chi connectivity index (χ2n) is 7.19. The number of nitrogens with zero attached hydrogens (tertiary/aromatic N) is 2. The number of anilines is 1. The smallest absolute Gasteiger partial charge is 0.269 e. The number of benzene rings is 2. The highest BCUT2D eigenvalue weighted by atomic mass is 35.5.